The number of nitrogens with one attached hydrogen (secondary N) is 1. The number of ether oxygens (including phenoxy) is 2. The predicted molar refractivity (Wildman–Crippen MR) is 91.2 cm³/mol. The highest BCUT2D eigenvalue weighted by Gasteiger charge is 2.22. The topological polar surface area (TPSA) is 64.6 Å². The summed E-state index contributed by atoms with van der Waals surface area (Å²) in [6, 6.07) is 2.94. The molecule has 126 valence electrons. The third kappa shape index (κ3) is 5.14. The van der Waals surface area contributed by atoms with Gasteiger partial charge in [0, 0.05) is 16.6 Å². The smallest absolute Gasteiger partial charge is 0.242 e. The predicted octanol–water partition coefficient (Wildman–Crippen LogP) is 3.71. The Hall–Kier alpha value is -0.790. The average Bonchev–Trinajstić information content (AvgIpc) is 2.46. The number of unbranched alkanes of at least 4 members (excludes halogenated alkanes) is 2. The second-order valence-corrected chi connectivity index (χ2v) is 7.69. The minimum atomic E-state index is -3.62. The van der Waals surface area contributed by atoms with Crippen LogP contribution in [0.4, 0.5) is 0 Å². The molecule has 0 heterocycles. The molecule has 1 aromatic rings. The number of hydrogen-bond donors (Lipinski definition) is 1. The van der Waals surface area contributed by atoms with E-state index in [0.717, 1.165) is 25.7 Å². The summed E-state index contributed by atoms with van der Waals surface area (Å²) in [6.07, 6.45) is 4.04. The summed E-state index contributed by atoms with van der Waals surface area (Å²) in [6.45, 7) is 4.00. The summed E-state index contributed by atoms with van der Waals surface area (Å²) in [5.41, 5.74) is 0. The molecule has 5 nitrogen and oxygen atoms in total. The lowest BCUT2D eigenvalue weighted by atomic mass is 10.1. The third-order valence-electron chi connectivity index (χ3n) is 3.32. The van der Waals surface area contributed by atoms with Crippen LogP contribution in [0.3, 0.4) is 0 Å². The van der Waals surface area contributed by atoms with Gasteiger partial charge in [0.1, 0.15) is 4.90 Å². The zero-order valence-corrected chi connectivity index (χ0v) is 15.9. The molecule has 0 saturated carbocycles. The first-order chi connectivity index (χ1) is 10.4. The van der Waals surface area contributed by atoms with Gasteiger partial charge in [0.25, 0.3) is 0 Å². The Morgan fingerprint density at radius 3 is 2.32 bits per heavy atom. The number of halogens is 1. The van der Waals surface area contributed by atoms with Crippen LogP contribution in [0.25, 0.3) is 0 Å². The zero-order chi connectivity index (χ0) is 16.8. The van der Waals surface area contributed by atoms with E-state index in [9.17, 15) is 8.42 Å². The van der Waals surface area contributed by atoms with Crippen molar-refractivity contribution < 1.29 is 17.9 Å². The van der Waals surface area contributed by atoms with Crippen molar-refractivity contribution in [3.8, 4) is 11.5 Å². The largest absolute Gasteiger partial charge is 0.493 e. The maximum Gasteiger partial charge on any atom is 0.242 e. The molecule has 1 rings (SSSR count). The molecular weight excluding hydrogens is 370 g/mol. The van der Waals surface area contributed by atoms with Crippen molar-refractivity contribution in [2.24, 2.45) is 0 Å². The van der Waals surface area contributed by atoms with E-state index in [1.54, 1.807) is 6.07 Å². The second-order valence-electron chi connectivity index (χ2n) is 5.16. The van der Waals surface area contributed by atoms with E-state index in [1.165, 1.54) is 20.3 Å². The highest BCUT2D eigenvalue weighted by Crippen LogP contribution is 2.35. The summed E-state index contributed by atoms with van der Waals surface area (Å²) >= 11 is 3.29. The van der Waals surface area contributed by atoms with Gasteiger partial charge >= 0.3 is 0 Å². The molecule has 0 bridgehead atoms. The van der Waals surface area contributed by atoms with Crippen LogP contribution < -0.4 is 14.2 Å². The lowest BCUT2D eigenvalue weighted by Gasteiger charge is -2.16. The lowest BCUT2D eigenvalue weighted by molar-refractivity contribution is 0.353. The van der Waals surface area contributed by atoms with Crippen LogP contribution in [0.5, 0.6) is 11.5 Å². The Labute approximate surface area is 141 Å². The fraction of sp³-hybridized carbons (Fsp3) is 0.600. The average molecular weight is 394 g/mol. The lowest BCUT2D eigenvalue weighted by Crippen LogP contribution is -2.32. The van der Waals surface area contributed by atoms with E-state index in [4.69, 9.17) is 9.47 Å². The van der Waals surface area contributed by atoms with E-state index >= 15 is 0 Å². The van der Waals surface area contributed by atoms with Crippen molar-refractivity contribution in [3.63, 3.8) is 0 Å². The van der Waals surface area contributed by atoms with Gasteiger partial charge in [-0.05, 0) is 35.3 Å². The van der Waals surface area contributed by atoms with Gasteiger partial charge < -0.3 is 9.47 Å². The monoisotopic (exact) mass is 393 g/mol. The molecular formula is C15H24BrNO4S. The standard InChI is InChI=1S/C15H24BrNO4S/c1-5-6-7-8-11(2)17-22(18,19)15-10-14(21-4)13(20-3)9-12(15)16/h9-11,17H,5-8H2,1-4H3. The van der Waals surface area contributed by atoms with Crippen LogP contribution >= 0.6 is 15.9 Å². The molecule has 1 N–H and O–H groups in total. The molecule has 1 unspecified atom stereocenters. The quantitative estimate of drug-likeness (QED) is 0.649. The van der Waals surface area contributed by atoms with Crippen molar-refractivity contribution in [1.82, 2.24) is 4.72 Å². The first-order valence-electron chi connectivity index (χ1n) is 7.29. The maximum absolute atomic E-state index is 12.5. The van der Waals surface area contributed by atoms with Crippen LogP contribution in [-0.2, 0) is 10.0 Å². The molecule has 0 amide bonds. The minimum absolute atomic E-state index is 0.114. The van der Waals surface area contributed by atoms with Crippen LogP contribution in [0.15, 0.2) is 21.5 Å². The van der Waals surface area contributed by atoms with Crippen molar-refractivity contribution in [3.05, 3.63) is 16.6 Å². The van der Waals surface area contributed by atoms with Crippen molar-refractivity contribution >= 4 is 26.0 Å². The number of hydrogen-bond acceptors (Lipinski definition) is 4. The first kappa shape index (κ1) is 19.3. The molecule has 0 spiro atoms. The Kier molecular flexibility index (Phi) is 7.65. The van der Waals surface area contributed by atoms with Gasteiger partial charge in [-0.3, -0.25) is 0 Å². The van der Waals surface area contributed by atoms with Crippen LogP contribution in [0.1, 0.15) is 39.5 Å². The SMILES string of the molecule is CCCCCC(C)NS(=O)(=O)c1cc(OC)c(OC)cc1Br. The fourth-order valence-corrected chi connectivity index (χ4v) is 4.44. The van der Waals surface area contributed by atoms with Gasteiger partial charge in [0.05, 0.1) is 14.2 Å². The van der Waals surface area contributed by atoms with E-state index < -0.39 is 10.0 Å². The summed E-state index contributed by atoms with van der Waals surface area (Å²) < 4.78 is 38.5. The Bertz CT molecular complexity index is 589. The second kappa shape index (κ2) is 8.74. The number of methoxy groups -OCH3 is 2. The van der Waals surface area contributed by atoms with Crippen LogP contribution in [0.2, 0.25) is 0 Å². The van der Waals surface area contributed by atoms with Crippen molar-refractivity contribution in [1.29, 1.82) is 0 Å². The van der Waals surface area contributed by atoms with Gasteiger partial charge in [-0.1, -0.05) is 26.2 Å². The summed E-state index contributed by atoms with van der Waals surface area (Å²) in [7, 11) is -0.636. The summed E-state index contributed by atoms with van der Waals surface area (Å²) in [5.74, 6) is 0.856. The Morgan fingerprint density at radius 1 is 1.18 bits per heavy atom. The Morgan fingerprint density at radius 2 is 1.77 bits per heavy atom. The summed E-state index contributed by atoms with van der Waals surface area (Å²) in [5, 5.41) is 0. The molecule has 0 aliphatic heterocycles. The minimum Gasteiger partial charge on any atom is -0.493 e. The van der Waals surface area contributed by atoms with E-state index in [0.29, 0.717) is 16.0 Å². The number of rotatable bonds is 9. The molecule has 1 atom stereocenters. The fourth-order valence-electron chi connectivity index (χ4n) is 2.13. The maximum atomic E-state index is 12.5. The van der Waals surface area contributed by atoms with E-state index in [2.05, 4.69) is 27.6 Å². The van der Waals surface area contributed by atoms with Gasteiger partial charge in [-0.25, -0.2) is 13.1 Å². The van der Waals surface area contributed by atoms with Gasteiger partial charge in [0.2, 0.25) is 10.0 Å². The molecule has 1 aromatic carbocycles. The normalized spacial score (nSPS) is 13.0. The van der Waals surface area contributed by atoms with E-state index in [1.807, 2.05) is 6.92 Å². The molecule has 0 fully saturated rings. The van der Waals surface area contributed by atoms with Crippen molar-refractivity contribution in [2.45, 2.75) is 50.5 Å². The van der Waals surface area contributed by atoms with Gasteiger partial charge in [-0.15, -0.1) is 0 Å². The zero-order valence-electron chi connectivity index (χ0n) is 13.5. The van der Waals surface area contributed by atoms with Crippen molar-refractivity contribution in [2.75, 3.05) is 14.2 Å². The molecule has 7 heteroatoms. The summed E-state index contributed by atoms with van der Waals surface area (Å²) in [4.78, 5) is 0.146. The highest BCUT2D eigenvalue weighted by molar-refractivity contribution is 9.10. The number of benzene rings is 1. The molecule has 0 aliphatic rings. The third-order valence-corrected chi connectivity index (χ3v) is 5.87. The van der Waals surface area contributed by atoms with E-state index in [-0.39, 0.29) is 10.9 Å². The number of sulfonamides is 1. The first-order valence-corrected chi connectivity index (χ1v) is 9.57. The Balaban J connectivity index is 2.97. The van der Waals surface area contributed by atoms with Crippen LogP contribution in [-0.4, -0.2) is 28.7 Å². The molecule has 0 saturated heterocycles. The molecule has 0 radical (unpaired) electrons. The molecule has 0 aromatic heterocycles. The van der Waals surface area contributed by atoms with Crippen LogP contribution in [0, 0.1) is 0 Å². The molecule has 22 heavy (non-hydrogen) atoms. The van der Waals surface area contributed by atoms with Gasteiger partial charge in [-0.2, -0.15) is 0 Å². The van der Waals surface area contributed by atoms with Gasteiger partial charge in [0.15, 0.2) is 11.5 Å². The highest BCUT2D eigenvalue weighted by atomic mass is 79.9. The molecule has 0 aliphatic carbocycles.